The average Bonchev–Trinajstić information content (AvgIpc) is 2.49. The van der Waals surface area contributed by atoms with Gasteiger partial charge in [0.1, 0.15) is 0 Å². The fourth-order valence-electron chi connectivity index (χ4n) is 2.72. The van der Waals surface area contributed by atoms with Gasteiger partial charge < -0.3 is 9.79 Å². The van der Waals surface area contributed by atoms with Crippen molar-refractivity contribution in [2.75, 3.05) is 0 Å². The normalized spacial score (nSPS) is 23.4. The van der Waals surface area contributed by atoms with E-state index in [-0.39, 0.29) is 12.2 Å². The minimum absolute atomic E-state index is 0.0375. The molecule has 2 saturated carbocycles. The van der Waals surface area contributed by atoms with Crippen LogP contribution in [0.1, 0.15) is 64.2 Å². The molecule has 0 aliphatic heterocycles. The first-order valence-electron chi connectivity index (χ1n) is 7.39. The second kappa shape index (κ2) is 8.25. The first-order chi connectivity index (χ1) is 9.62. The Morgan fingerprint density at radius 1 is 0.750 bits per heavy atom. The van der Waals surface area contributed by atoms with Crippen LogP contribution in [0.5, 0.6) is 0 Å². The predicted molar refractivity (Wildman–Crippen MR) is 78.4 cm³/mol. The molecule has 20 heavy (non-hydrogen) atoms. The minimum Gasteiger partial charge on any atom is -0.324 e. The molecule has 0 aromatic carbocycles. The molecule has 0 heterocycles. The first-order valence-corrected chi connectivity index (χ1v) is 10.7. The summed E-state index contributed by atoms with van der Waals surface area (Å²) in [5.74, 6) is 0. The standard InChI is InChI=1S/C12H25O6PS/c13-18-19(14,15)20(16-11-7-3-1-4-8-11)17-12-9-5-2-6-10-12/h11-15H,1-10H2. The maximum atomic E-state index is 9.80. The van der Waals surface area contributed by atoms with Crippen molar-refractivity contribution >= 4 is 17.4 Å². The van der Waals surface area contributed by atoms with E-state index in [0.29, 0.717) is 0 Å². The highest BCUT2D eigenvalue weighted by Gasteiger charge is 2.28. The summed E-state index contributed by atoms with van der Waals surface area (Å²) in [7, 11) is -1.58. The van der Waals surface area contributed by atoms with Crippen LogP contribution < -0.4 is 0 Å². The fraction of sp³-hybridized carbons (Fsp3) is 1.00. The van der Waals surface area contributed by atoms with Gasteiger partial charge in [0.15, 0.2) is 10.6 Å². The molecule has 0 atom stereocenters. The highest BCUT2D eigenvalue weighted by atomic mass is 32.5. The molecular formula is C12H25O6PS. The van der Waals surface area contributed by atoms with Crippen LogP contribution in [-0.2, 0) is 23.7 Å². The summed E-state index contributed by atoms with van der Waals surface area (Å²) in [5.41, 5.74) is 0. The van der Waals surface area contributed by atoms with Crippen LogP contribution in [0, 0.1) is 0 Å². The summed E-state index contributed by atoms with van der Waals surface area (Å²) in [6.45, 7) is -4.03. The lowest BCUT2D eigenvalue weighted by Crippen LogP contribution is -2.24. The summed E-state index contributed by atoms with van der Waals surface area (Å²) in [4.78, 5) is 19.6. The fourth-order valence-corrected chi connectivity index (χ4v) is 5.46. The van der Waals surface area contributed by atoms with E-state index in [1.165, 1.54) is 12.8 Å². The van der Waals surface area contributed by atoms with Crippen LogP contribution in [0.2, 0.25) is 0 Å². The number of hydrogen-bond acceptors (Lipinski definition) is 4. The number of rotatable bonds is 5. The Morgan fingerprint density at radius 3 is 1.50 bits per heavy atom. The Morgan fingerprint density at radius 2 is 1.15 bits per heavy atom. The van der Waals surface area contributed by atoms with Gasteiger partial charge >= 0.3 is 6.72 Å². The molecule has 0 aromatic heterocycles. The van der Waals surface area contributed by atoms with E-state index in [9.17, 15) is 9.79 Å². The Kier molecular flexibility index (Phi) is 6.97. The summed E-state index contributed by atoms with van der Waals surface area (Å²) >= 11 is 0. The third-order valence-corrected chi connectivity index (χ3v) is 7.20. The molecule has 2 fully saturated rings. The zero-order chi connectivity index (χ0) is 14.4. The highest BCUT2D eigenvalue weighted by Crippen LogP contribution is 2.45. The predicted octanol–water partition coefficient (Wildman–Crippen LogP) is 3.29. The van der Waals surface area contributed by atoms with Crippen molar-refractivity contribution < 1.29 is 28.1 Å². The molecule has 0 saturated heterocycles. The molecule has 120 valence electrons. The lowest BCUT2D eigenvalue weighted by molar-refractivity contribution is -0.148. The van der Waals surface area contributed by atoms with Crippen molar-refractivity contribution in [2.45, 2.75) is 76.4 Å². The SMILES string of the molecule is OOP(O)(O)=S(OC1CCCCC1)OC1CCCCC1. The Balaban J connectivity index is 2.02. The van der Waals surface area contributed by atoms with Crippen LogP contribution in [-0.4, -0.2) is 27.3 Å². The van der Waals surface area contributed by atoms with E-state index < -0.39 is 17.4 Å². The molecule has 0 amide bonds. The van der Waals surface area contributed by atoms with Crippen LogP contribution in [0.3, 0.4) is 0 Å². The Labute approximate surface area is 122 Å². The van der Waals surface area contributed by atoms with Crippen LogP contribution in [0.4, 0.5) is 0 Å². The topological polar surface area (TPSA) is 88.4 Å². The van der Waals surface area contributed by atoms with Gasteiger partial charge in [-0.2, -0.15) is 4.67 Å². The summed E-state index contributed by atoms with van der Waals surface area (Å²) in [6.07, 6.45) is 10.2. The van der Waals surface area contributed by atoms with E-state index in [4.69, 9.17) is 13.6 Å². The van der Waals surface area contributed by atoms with Crippen molar-refractivity contribution in [2.24, 2.45) is 0 Å². The average molecular weight is 328 g/mol. The zero-order valence-electron chi connectivity index (χ0n) is 11.6. The maximum absolute atomic E-state index is 9.80. The Hall–Kier alpha value is 0.540. The molecule has 6 nitrogen and oxygen atoms in total. The monoisotopic (exact) mass is 328 g/mol. The van der Waals surface area contributed by atoms with Gasteiger partial charge in [0.2, 0.25) is 0 Å². The van der Waals surface area contributed by atoms with E-state index >= 15 is 0 Å². The molecule has 8 heteroatoms. The minimum atomic E-state index is -4.03. The van der Waals surface area contributed by atoms with Crippen LogP contribution in [0.25, 0.3) is 0 Å². The van der Waals surface area contributed by atoms with E-state index in [0.717, 1.165) is 51.4 Å². The molecule has 0 bridgehead atoms. The summed E-state index contributed by atoms with van der Waals surface area (Å²) in [5, 5.41) is 8.72. The van der Waals surface area contributed by atoms with E-state index in [1.807, 2.05) is 0 Å². The van der Waals surface area contributed by atoms with Gasteiger partial charge in [0, 0.05) is 0 Å². The van der Waals surface area contributed by atoms with E-state index in [1.54, 1.807) is 0 Å². The van der Waals surface area contributed by atoms with Crippen molar-refractivity contribution in [3.05, 3.63) is 0 Å². The largest absolute Gasteiger partial charge is 0.359 e. The van der Waals surface area contributed by atoms with Gasteiger partial charge in [0.25, 0.3) is 0 Å². The second-order valence-corrected chi connectivity index (χ2v) is 9.79. The molecule has 2 aliphatic carbocycles. The third kappa shape index (κ3) is 5.07. The second-order valence-electron chi connectivity index (χ2n) is 5.50. The molecule has 0 aromatic rings. The molecular weight excluding hydrogens is 303 g/mol. The summed E-state index contributed by atoms with van der Waals surface area (Å²) in [6, 6.07) is 0. The van der Waals surface area contributed by atoms with Crippen molar-refractivity contribution in [1.82, 2.24) is 0 Å². The third-order valence-electron chi connectivity index (χ3n) is 3.84. The Bertz CT molecular complexity index is 324. The molecule has 2 aliphatic rings. The van der Waals surface area contributed by atoms with Crippen molar-refractivity contribution in [3.63, 3.8) is 0 Å². The van der Waals surface area contributed by atoms with Gasteiger partial charge in [-0.1, -0.05) is 38.5 Å². The first kappa shape index (κ1) is 16.9. The van der Waals surface area contributed by atoms with E-state index in [2.05, 4.69) is 4.67 Å². The van der Waals surface area contributed by atoms with Crippen molar-refractivity contribution in [1.29, 1.82) is 0 Å². The smallest absolute Gasteiger partial charge is 0.324 e. The highest BCUT2D eigenvalue weighted by molar-refractivity contribution is 8.22. The molecule has 0 radical (unpaired) electrons. The van der Waals surface area contributed by atoms with Gasteiger partial charge in [-0.15, -0.1) is 0 Å². The van der Waals surface area contributed by atoms with Gasteiger partial charge in [0.05, 0.1) is 12.2 Å². The van der Waals surface area contributed by atoms with Crippen LogP contribution in [0.15, 0.2) is 0 Å². The van der Waals surface area contributed by atoms with Gasteiger partial charge in [-0.05, 0) is 25.7 Å². The quantitative estimate of drug-likeness (QED) is 0.408. The zero-order valence-corrected chi connectivity index (χ0v) is 13.4. The van der Waals surface area contributed by atoms with Gasteiger partial charge in [-0.25, -0.2) is 5.26 Å². The number of hydrogen-bond donors (Lipinski definition) is 3. The molecule has 3 N–H and O–H groups in total. The summed E-state index contributed by atoms with van der Waals surface area (Å²) < 4.78 is 15.3. The lowest BCUT2D eigenvalue weighted by Gasteiger charge is -2.28. The van der Waals surface area contributed by atoms with Crippen LogP contribution >= 0.6 is 6.72 Å². The molecule has 0 spiro atoms. The van der Waals surface area contributed by atoms with Crippen molar-refractivity contribution in [3.8, 4) is 0 Å². The van der Waals surface area contributed by atoms with Gasteiger partial charge in [-0.3, -0.25) is 8.37 Å². The maximum Gasteiger partial charge on any atom is 0.359 e. The molecule has 2 rings (SSSR count). The molecule has 0 unspecified atom stereocenters. The lowest BCUT2D eigenvalue weighted by atomic mass is 9.98.